The molecule has 2 aromatic rings. The number of ether oxygens (including phenoxy) is 2. The van der Waals surface area contributed by atoms with Gasteiger partial charge < -0.3 is 30.3 Å². The number of rotatable bonds is 6. The molecule has 1 saturated carbocycles. The summed E-state index contributed by atoms with van der Waals surface area (Å²) < 4.78 is 9.78. The van der Waals surface area contributed by atoms with Crippen molar-refractivity contribution >= 4 is 29.4 Å². The highest BCUT2D eigenvalue weighted by Gasteiger charge is 2.20. The number of hydrogen-bond donors (Lipinski definition) is 3. The Morgan fingerprint density at radius 2 is 1.97 bits per heavy atom. The van der Waals surface area contributed by atoms with E-state index in [1.165, 1.54) is 26.1 Å². The van der Waals surface area contributed by atoms with Crippen LogP contribution < -0.4 is 25.6 Å². The van der Waals surface area contributed by atoms with Gasteiger partial charge >= 0.3 is 6.16 Å². The van der Waals surface area contributed by atoms with E-state index in [1.807, 2.05) is 18.3 Å². The summed E-state index contributed by atoms with van der Waals surface area (Å²) in [5.74, 6) is 1.71. The molecular formula is C20H27N7O3. The quantitative estimate of drug-likeness (QED) is 0.610. The number of methoxy groups -OCH3 is 1. The van der Waals surface area contributed by atoms with E-state index in [9.17, 15) is 4.79 Å². The van der Waals surface area contributed by atoms with Crippen LogP contribution in [-0.4, -0.2) is 60.4 Å². The number of piperazine rings is 1. The Bertz CT molecular complexity index is 850. The Balaban J connectivity index is 1.48. The molecule has 0 aromatic carbocycles. The van der Waals surface area contributed by atoms with Gasteiger partial charge in [-0.3, -0.25) is 0 Å². The van der Waals surface area contributed by atoms with Crippen LogP contribution in [0.1, 0.15) is 25.7 Å². The Morgan fingerprint density at radius 1 is 1.17 bits per heavy atom. The van der Waals surface area contributed by atoms with Crippen molar-refractivity contribution < 1.29 is 14.3 Å². The summed E-state index contributed by atoms with van der Waals surface area (Å²) in [6.45, 7) is 3.89. The first kappa shape index (κ1) is 20.1. The summed E-state index contributed by atoms with van der Waals surface area (Å²) in [5, 5.41) is 9.82. The normalized spacial score (nSPS) is 16.9. The second-order valence-corrected chi connectivity index (χ2v) is 7.35. The molecule has 3 heterocycles. The lowest BCUT2D eigenvalue weighted by atomic mass is 10.2. The molecule has 3 N–H and O–H groups in total. The van der Waals surface area contributed by atoms with E-state index < -0.39 is 6.16 Å². The highest BCUT2D eigenvalue weighted by Crippen LogP contribution is 2.28. The molecule has 2 aromatic heterocycles. The van der Waals surface area contributed by atoms with Crippen LogP contribution in [0.5, 0.6) is 5.75 Å². The number of carbonyl (C=O) groups excluding carboxylic acids is 1. The Hall–Kier alpha value is -3.14. The van der Waals surface area contributed by atoms with Gasteiger partial charge in [-0.05, 0) is 25.0 Å². The Morgan fingerprint density at radius 3 is 2.67 bits per heavy atom. The van der Waals surface area contributed by atoms with Gasteiger partial charge in [-0.15, -0.1) is 0 Å². The van der Waals surface area contributed by atoms with Crippen LogP contribution >= 0.6 is 0 Å². The lowest BCUT2D eigenvalue weighted by molar-refractivity contribution is 0.121. The summed E-state index contributed by atoms with van der Waals surface area (Å²) in [6.07, 6.45) is 6.95. The van der Waals surface area contributed by atoms with Crippen LogP contribution in [0.2, 0.25) is 0 Å². The third kappa shape index (κ3) is 5.07. The van der Waals surface area contributed by atoms with Crippen LogP contribution in [0.3, 0.4) is 0 Å². The van der Waals surface area contributed by atoms with E-state index in [4.69, 9.17) is 4.74 Å². The average Bonchev–Trinajstić information content (AvgIpc) is 3.30. The minimum Gasteiger partial charge on any atom is -0.437 e. The molecule has 160 valence electrons. The van der Waals surface area contributed by atoms with Crippen molar-refractivity contribution in [2.45, 2.75) is 31.7 Å². The maximum atomic E-state index is 11.5. The van der Waals surface area contributed by atoms with E-state index in [2.05, 4.69) is 40.5 Å². The maximum Gasteiger partial charge on any atom is 0.513 e. The fraction of sp³-hybridized carbons (Fsp3) is 0.500. The standard InChI is InChI=1S/C20H27N7O3/c1-29-20(28)30-16-13-23-19(26-18(16)24-14-4-2-3-5-14)25-17-7-6-15(12-22-17)27-10-8-21-9-11-27/h6-7,12-14,21H,2-5,8-11H2,1H3,(H2,22,23,24,25,26). The molecule has 0 unspecified atom stereocenters. The van der Waals surface area contributed by atoms with Gasteiger partial charge in [0.2, 0.25) is 5.95 Å². The molecule has 1 saturated heterocycles. The molecule has 0 spiro atoms. The Kier molecular flexibility index (Phi) is 6.43. The van der Waals surface area contributed by atoms with Gasteiger partial charge in [-0.1, -0.05) is 12.8 Å². The van der Waals surface area contributed by atoms with Crippen LogP contribution in [0, 0.1) is 0 Å². The van der Waals surface area contributed by atoms with Gasteiger partial charge in [0.1, 0.15) is 5.82 Å². The minimum atomic E-state index is -0.807. The van der Waals surface area contributed by atoms with Gasteiger partial charge in [0.25, 0.3) is 0 Å². The van der Waals surface area contributed by atoms with Crippen molar-refractivity contribution in [3.05, 3.63) is 24.5 Å². The molecule has 2 fully saturated rings. The third-order valence-corrected chi connectivity index (χ3v) is 5.28. The lowest BCUT2D eigenvalue weighted by Crippen LogP contribution is -2.43. The minimum absolute atomic E-state index is 0.237. The van der Waals surface area contributed by atoms with Crippen molar-refractivity contribution in [2.75, 3.05) is 48.8 Å². The summed E-state index contributed by atoms with van der Waals surface area (Å²) in [7, 11) is 1.26. The number of aromatic nitrogens is 3. The van der Waals surface area contributed by atoms with Crippen molar-refractivity contribution in [1.29, 1.82) is 0 Å². The molecular weight excluding hydrogens is 386 g/mol. The second kappa shape index (κ2) is 9.57. The number of nitrogens with one attached hydrogen (secondary N) is 3. The first-order chi connectivity index (χ1) is 14.7. The number of carbonyl (C=O) groups is 1. The highest BCUT2D eigenvalue weighted by molar-refractivity contribution is 5.67. The van der Waals surface area contributed by atoms with Gasteiger partial charge in [0, 0.05) is 32.2 Å². The van der Waals surface area contributed by atoms with Crippen LogP contribution in [-0.2, 0) is 4.74 Å². The molecule has 0 amide bonds. The van der Waals surface area contributed by atoms with Crippen molar-refractivity contribution in [3.8, 4) is 5.75 Å². The highest BCUT2D eigenvalue weighted by atomic mass is 16.7. The van der Waals surface area contributed by atoms with Crippen LogP contribution in [0.15, 0.2) is 24.5 Å². The van der Waals surface area contributed by atoms with E-state index in [-0.39, 0.29) is 5.75 Å². The fourth-order valence-corrected chi connectivity index (χ4v) is 3.69. The topological polar surface area (TPSA) is 114 Å². The van der Waals surface area contributed by atoms with Crippen molar-refractivity contribution in [2.24, 2.45) is 0 Å². The predicted molar refractivity (Wildman–Crippen MR) is 114 cm³/mol. The summed E-state index contributed by atoms with van der Waals surface area (Å²) in [5.41, 5.74) is 1.09. The number of nitrogens with zero attached hydrogens (tertiary/aromatic N) is 4. The molecule has 1 aliphatic carbocycles. The fourth-order valence-electron chi connectivity index (χ4n) is 3.69. The lowest BCUT2D eigenvalue weighted by Gasteiger charge is -2.29. The second-order valence-electron chi connectivity index (χ2n) is 7.35. The van der Waals surface area contributed by atoms with E-state index in [0.29, 0.717) is 23.6 Å². The monoisotopic (exact) mass is 413 g/mol. The van der Waals surface area contributed by atoms with Crippen molar-refractivity contribution in [1.82, 2.24) is 20.3 Å². The zero-order valence-corrected chi connectivity index (χ0v) is 17.1. The number of anilines is 4. The maximum absolute atomic E-state index is 11.5. The van der Waals surface area contributed by atoms with E-state index in [1.54, 1.807) is 0 Å². The summed E-state index contributed by atoms with van der Waals surface area (Å²) in [6, 6.07) is 4.24. The van der Waals surface area contributed by atoms with Gasteiger partial charge in [-0.2, -0.15) is 4.98 Å². The number of hydrogen-bond acceptors (Lipinski definition) is 10. The van der Waals surface area contributed by atoms with Gasteiger partial charge in [0.05, 0.1) is 25.2 Å². The zero-order chi connectivity index (χ0) is 20.8. The number of pyridine rings is 1. The largest absolute Gasteiger partial charge is 0.513 e. The molecule has 10 heteroatoms. The van der Waals surface area contributed by atoms with Crippen LogP contribution in [0.4, 0.5) is 28.1 Å². The van der Waals surface area contributed by atoms with Gasteiger partial charge in [-0.25, -0.2) is 14.8 Å². The Labute approximate surface area is 175 Å². The summed E-state index contributed by atoms with van der Waals surface area (Å²) in [4.78, 5) is 27.1. The summed E-state index contributed by atoms with van der Waals surface area (Å²) >= 11 is 0. The average molecular weight is 413 g/mol. The first-order valence-corrected chi connectivity index (χ1v) is 10.3. The first-order valence-electron chi connectivity index (χ1n) is 10.3. The zero-order valence-electron chi connectivity index (χ0n) is 17.1. The van der Waals surface area contributed by atoms with Gasteiger partial charge in [0.15, 0.2) is 11.6 Å². The predicted octanol–water partition coefficient (Wildman–Crippen LogP) is 2.52. The molecule has 10 nitrogen and oxygen atoms in total. The van der Waals surface area contributed by atoms with Crippen molar-refractivity contribution in [3.63, 3.8) is 0 Å². The van der Waals surface area contributed by atoms with E-state index >= 15 is 0 Å². The molecule has 0 bridgehead atoms. The molecule has 0 radical (unpaired) electrons. The molecule has 2 aliphatic rings. The molecule has 1 aliphatic heterocycles. The SMILES string of the molecule is COC(=O)Oc1cnc(Nc2ccc(N3CCNCC3)cn2)nc1NC1CCCC1. The smallest absolute Gasteiger partial charge is 0.437 e. The third-order valence-electron chi connectivity index (χ3n) is 5.28. The molecule has 4 rings (SSSR count). The van der Waals surface area contributed by atoms with E-state index in [0.717, 1.165) is 44.7 Å². The molecule has 0 atom stereocenters. The van der Waals surface area contributed by atoms with Crippen LogP contribution in [0.25, 0.3) is 0 Å². The molecule has 30 heavy (non-hydrogen) atoms.